The zero-order chi connectivity index (χ0) is 28.0. The van der Waals surface area contributed by atoms with Gasteiger partial charge in [0.1, 0.15) is 0 Å². The third-order valence-electron chi connectivity index (χ3n) is 6.66. The molecule has 0 atom stereocenters. The van der Waals surface area contributed by atoms with Crippen LogP contribution >= 0.6 is 11.3 Å². The molecule has 4 rings (SSSR count). The van der Waals surface area contributed by atoms with E-state index in [9.17, 15) is 13.8 Å². The fraction of sp³-hybridized carbons (Fsp3) is 0.414. The van der Waals surface area contributed by atoms with Gasteiger partial charge in [0.15, 0.2) is 0 Å². The molecule has 3 amide bonds. The fourth-order valence-corrected chi connectivity index (χ4v) is 7.14. The Morgan fingerprint density at radius 3 is 2.46 bits per heavy atom. The lowest BCUT2D eigenvalue weighted by Crippen LogP contribution is -2.38. The molecule has 1 aromatic heterocycles. The van der Waals surface area contributed by atoms with Gasteiger partial charge in [-0.15, -0.1) is 11.3 Å². The number of nitrogens with one attached hydrogen (secondary N) is 3. The molecule has 39 heavy (non-hydrogen) atoms. The molecule has 0 saturated heterocycles. The minimum Gasteiger partial charge on any atom is -0.447 e. The van der Waals surface area contributed by atoms with Crippen molar-refractivity contribution in [1.82, 2.24) is 15.6 Å². The fourth-order valence-electron chi connectivity index (χ4n) is 4.72. The van der Waals surface area contributed by atoms with Crippen molar-refractivity contribution in [2.45, 2.75) is 69.0 Å². The number of rotatable bonds is 8. The van der Waals surface area contributed by atoms with Crippen LogP contribution < -0.4 is 16.0 Å². The number of urea groups is 1. The van der Waals surface area contributed by atoms with Crippen molar-refractivity contribution in [2.75, 3.05) is 17.8 Å². The molecule has 3 aromatic rings. The van der Waals surface area contributed by atoms with Crippen molar-refractivity contribution in [3.8, 4) is 10.4 Å². The maximum Gasteiger partial charge on any atom is 0.407 e. The first-order valence-electron chi connectivity index (χ1n) is 13.3. The van der Waals surface area contributed by atoms with Crippen molar-refractivity contribution in [1.29, 1.82) is 0 Å². The number of nitrogens with zero attached hydrogens (tertiary/aromatic N) is 1. The summed E-state index contributed by atoms with van der Waals surface area (Å²) in [6.45, 7) is 4.10. The second-order valence-corrected chi connectivity index (χ2v) is 14.8. The molecule has 8 nitrogen and oxygen atoms in total. The highest BCUT2D eigenvalue weighted by atomic mass is 32.2. The molecular weight excluding hydrogens is 532 g/mol. The maximum absolute atomic E-state index is 13.3. The van der Waals surface area contributed by atoms with Crippen molar-refractivity contribution >= 4 is 39.1 Å². The first-order chi connectivity index (χ1) is 18.6. The predicted molar refractivity (Wildman–Crippen MR) is 159 cm³/mol. The van der Waals surface area contributed by atoms with Gasteiger partial charge in [-0.1, -0.05) is 46.3 Å². The van der Waals surface area contributed by atoms with E-state index in [0.717, 1.165) is 51.6 Å². The Kier molecular flexibility index (Phi) is 9.40. The van der Waals surface area contributed by atoms with Crippen LogP contribution in [0.5, 0.6) is 0 Å². The molecule has 0 aliphatic heterocycles. The van der Waals surface area contributed by atoms with Gasteiger partial charge in [-0.25, -0.2) is 14.6 Å². The molecule has 1 aliphatic carbocycles. The lowest BCUT2D eigenvalue weighted by atomic mass is 9.86. The van der Waals surface area contributed by atoms with E-state index in [2.05, 4.69) is 16.0 Å². The van der Waals surface area contributed by atoms with Gasteiger partial charge in [-0.05, 0) is 69.7 Å². The van der Waals surface area contributed by atoms with Crippen LogP contribution in [0.2, 0.25) is 0 Å². The summed E-state index contributed by atoms with van der Waals surface area (Å²) >= 11 is 1.63. The van der Waals surface area contributed by atoms with Gasteiger partial charge in [0.25, 0.3) is 0 Å². The minimum absolute atomic E-state index is 0.120. The quantitative estimate of drug-likeness (QED) is 0.251. The van der Waals surface area contributed by atoms with Crippen LogP contribution in [0.3, 0.4) is 0 Å². The molecule has 2 aromatic carbocycles. The number of hydrogen-bond donors (Lipinski definition) is 4. The number of carbonyl (C=O) groups is 2. The van der Waals surface area contributed by atoms with E-state index < -0.39 is 9.93 Å². The van der Waals surface area contributed by atoms with Crippen molar-refractivity contribution < 1.29 is 18.5 Å². The Balaban J connectivity index is 1.41. The van der Waals surface area contributed by atoms with Crippen LogP contribution in [0.4, 0.5) is 15.3 Å². The van der Waals surface area contributed by atoms with E-state index in [1.165, 1.54) is 0 Å². The summed E-state index contributed by atoms with van der Waals surface area (Å²) in [6, 6.07) is 15.1. The highest BCUT2D eigenvalue weighted by Gasteiger charge is 2.27. The number of thiazole rings is 1. The van der Waals surface area contributed by atoms with E-state index >= 15 is 0 Å². The van der Waals surface area contributed by atoms with Crippen LogP contribution in [0.1, 0.15) is 56.0 Å². The standard InChI is InChI=1S/C29H38N4O4S2/c1-19(2)37-29(35)33-22-12-10-21(11-13-22)27-30-18-25(38-27)24-15-14-23(16-26(24)39(3,4)36)32-28(34)31-17-20-8-6-5-7-9-20/h5-9,14-16,18-19,21-22,39H,10-13,17H2,1-4H3,(H,33,35)(H2,31,32,34)/t21-,22-. The number of hydrogen-bond acceptors (Lipinski definition) is 6. The molecule has 210 valence electrons. The number of ether oxygens (including phenoxy) is 1. The van der Waals surface area contributed by atoms with E-state index in [-0.39, 0.29) is 24.3 Å². The average Bonchev–Trinajstić information content (AvgIpc) is 3.38. The summed E-state index contributed by atoms with van der Waals surface area (Å²) in [6.07, 6.45) is 8.49. The van der Waals surface area contributed by atoms with Gasteiger partial charge < -0.3 is 20.7 Å². The van der Waals surface area contributed by atoms with Gasteiger partial charge in [0.05, 0.1) is 16.0 Å². The monoisotopic (exact) mass is 570 g/mol. The summed E-state index contributed by atoms with van der Waals surface area (Å²) in [7, 11) is -2.65. The van der Waals surface area contributed by atoms with Crippen molar-refractivity contribution in [2.24, 2.45) is 0 Å². The summed E-state index contributed by atoms with van der Waals surface area (Å²) < 4.78 is 18.5. The molecular formula is C29H38N4O4S2. The van der Waals surface area contributed by atoms with Gasteiger partial charge >= 0.3 is 12.1 Å². The second-order valence-electron chi connectivity index (χ2n) is 10.6. The molecule has 10 heteroatoms. The molecule has 1 aliphatic rings. The Morgan fingerprint density at radius 2 is 1.79 bits per heavy atom. The van der Waals surface area contributed by atoms with Crippen LogP contribution in [-0.2, 0) is 21.2 Å². The van der Waals surface area contributed by atoms with Crippen molar-refractivity contribution in [3.63, 3.8) is 0 Å². The highest BCUT2D eigenvalue weighted by Crippen LogP contribution is 2.40. The predicted octanol–water partition coefficient (Wildman–Crippen LogP) is 5.93. The normalized spacial score (nSPS) is 17.9. The molecule has 1 fully saturated rings. The lowest BCUT2D eigenvalue weighted by Gasteiger charge is -2.28. The highest BCUT2D eigenvalue weighted by molar-refractivity contribution is 8.01. The topological polar surface area (TPSA) is 109 Å². The van der Waals surface area contributed by atoms with Gasteiger partial charge in [0.2, 0.25) is 0 Å². The van der Waals surface area contributed by atoms with Crippen LogP contribution in [-0.4, -0.2) is 46.0 Å². The summed E-state index contributed by atoms with van der Waals surface area (Å²) in [4.78, 5) is 30.8. The third kappa shape index (κ3) is 8.12. The maximum atomic E-state index is 13.3. The number of amides is 3. The first kappa shape index (κ1) is 28.8. The SMILES string of the molecule is CC(C)OC(=O)N[C@H]1CC[C@H](c2ncc(-c3ccc(NC(=O)NCc4ccccc4)cc3[SH](C)(C)=O)s2)CC1. The first-order valence-corrected chi connectivity index (χ1v) is 16.7. The summed E-state index contributed by atoms with van der Waals surface area (Å²) in [5, 5.41) is 9.75. The zero-order valence-electron chi connectivity index (χ0n) is 22.9. The molecule has 1 saturated carbocycles. The molecule has 1 heterocycles. The van der Waals surface area contributed by atoms with E-state index in [4.69, 9.17) is 9.72 Å². The van der Waals surface area contributed by atoms with Gasteiger partial charge in [0, 0.05) is 40.8 Å². The molecule has 0 bridgehead atoms. The number of thiol groups is 1. The molecule has 0 spiro atoms. The third-order valence-corrected chi connectivity index (χ3v) is 9.39. The van der Waals surface area contributed by atoms with E-state index in [0.29, 0.717) is 18.2 Å². The Bertz CT molecular complexity index is 1330. The second kappa shape index (κ2) is 12.7. The van der Waals surface area contributed by atoms with Crippen LogP contribution in [0.25, 0.3) is 10.4 Å². The Labute approximate surface area is 235 Å². The number of aromatic nitrogens is 1. The van der Waals surface area contributed by atoms with Crippen LogP contribution in [0.15, 0.2) is 59.6 Å². The largest absolute Gasteiger partial charge is 0.447 e. The van der Waals surface area contributed by atoms with Crippen molar-refractivity contribution in [3.05, 3.63) is 65.3 Å². The number of benzene rings is 2. The zero-order valence-corrected chi connectivity index (χ0v) is 24.6. The van der Waals surface area contributed by atoms with Gasteiger partial charge in [-0.2, -0.15) is 0 Å². The minimum atomic E-state index is -2.65. The number of alkyl carbamates (subject to hydrolysis) is 1. The van der Waals surface area contributed by atoms with Gasteiger partial charge in [-0.3, -0.25) is 4.21 Å². The van der Waals surface area contributed by atoms with E-state index in [1.807, 2.05) is 68.6 Å². The van der Waals surface area contributed by atoms with E-state index in [1.54, 1.807) is 23.8 Å². The Hall–Kier alpha value is -3.24. The average molecular weight is 571 g/mol. The number of carbonyl (C=O) groups excluding carboxylic acids is 2. The summed E-state index contributed by atoms with van der Waals surface area (Å²) in [5.74, 6) is 0.329. The Morgan fingerprint density at radius 1 is 1.08 bits per heavy atom. The molecule has 3 N–H and O–H groups in total. The smallest absolute Gasteiger partial charge is 0.407 e. The summed E-state index contributed by atoms with van der Waals surface area (Å²) in [5.41, 5.74) is 2.48. The number of anilines is 1. The molecule has 0 radical (unpaired) electrons. The lowest BCUT2D eigenvalue weighted by molar-refractivity contribution is 0.109. The van der Waals surface area contributed by atoms with Crippen LogP contribution in [0, 0.1) is 0 Å². The molecule has 0 unspecified atom stereocenters.